The summed E-state index contributed by atoms with van der Waals surface area (Å²) in [4.78, 5) is 29.8. The van der Waals surface area contributed by atoms with Crippen molar-refractivity contribution in [1.29, 1.82) is 0 Å². The molecule has 0 aliphatic heterocycles. The summed E-state index contributed by atoms with van der Waals surface area (Å²) in [6.07, 6.45) is 1.15. The van der Waals surface area contributed by atoms with E-state index in [1.54, 1.807) is 20.8 Å². The van der Waals surface area contributed by atoms with Crippen molar-refractivity contribution in [3.8, 4) is 0 Å². The molecule has 0 aliphatic carbocycles. The minimum atomic E-state index is -1.09. The van der Waals surface area contributed by atoms with E-state index in [9.17, 15) is 28.6 Å². The van der Waals surface area contributed by atoms with Crippen LogP contribution in [0.15, 0.2) is 54.7 Å². The predicted molar refractivity (Wildman–Crippen MR) is 141 cm³/mol. The maximum atomic E-state index is 14.0. The molecule has 2 amide bonds. The Balaban J connectivity index is 1.84. The van der Waals surface area contributed by atoms with Gasteiger partial charge in [-0.3, -0.25) is 14.6 Å². The van der Waals surface area contributed by atoms with E-state index in [1.165, 1.54) is 12.1 Å². The van der Waals surface area contributed by atoms with E-state index in [4.69, 9.17) is 0 Å². The zero-order chi connectivity index (χ0) is 27.9. The Morgan fingerprint density at radius 3 is 2.47 bits per heavy atom. The largest absolute Gasteiger partial charge is 0.391 e. The molecule has 1 aromatic heterocycles. The molecule has 3 atom stereocenters. The van der Waals surface area contributed by atoms with Crippen LogP contribution in [0, 0.1) is 17.6 Å². The van der Waals surface area contributed by atoms with Gasteiger partial charge in [0.25, 0.3) is 5.91 Å². The molecule has 3 aromatic rings. The second kappa shape index (κ2) is 12.9. The first-order valence-electron chi connectivity index (χ1n) is 12.7. The predicted octanol–water partition coefficient (Wildman–Crippen LogP) is 3.91. The van der Waals surface area contributed by atoms with E-state index < -0.39 is 41.2 Å². The summed E-state index contributed by atoms with van der Waals surface area (Å²) in [5.74, 6) is -3.47. The first-order chi connectivity index (χ1) is 18.0. The zero-order valence-electron chi connectivity index (χ0n) is 21.9. The first-order valence-corrected chi connectivity index (χ1v) is 12.7. The van der Waals surface area contributed by atoms with Crippen LogP contribution in [0.25, 0.3) is 10.9 Å². The van der Waals surface area contributed by atoms with Gasteiger partial charge in [-0.2, -0.15) is 0 Å². The van der Waals surface area contributed by atoms with Crippen molar-refractivity contribution in [1.82, 2.24) is 15.6 Å². The van der Waals surface area contributed by atoms with Gasteiger partial charge < -0.3 is 20.8 Å². The van der Waals surface area contributed by atoms with Crippen molar-refractivity contribution in [3.05, 3.63) is 77.5 Å². The normalized spacial score (nSPS) is 14.1. The molecule has 0 aliphatic rings. The number of fused-ring (bicyclic) bond motifs is 1. The number of hydrogen-bond donors (Lipinski definition) is 4. The van der Waals surface area contributed by atoms with Crippen LogP contribution in [0.3, 0.4) is 0 Å². The van der Waals surface area contributed by atoms with Crippen LogP contribution in [-0.2, 0) is 11.2 Å². The van der Waals surface area contributed by atoms with Gasteiger partial charge in [-0.05, 0) is 70.2 Å². The minimum Gasteiger partial charge on any atom is -0.391 e. The molecule has 3 rings (SSSR count). The summed E-state index contributed by atoms with van der Waals surface area (Å²) in [5.41, 5.74) is -0.161. The van der Waals surface area contributed by atoms with E-state index in [0.29, 0.717) is 25.8 Å². The Bertz CT molecular complexity index is 1250. The number of aromatic nitrogens is 1. The Labute approximate surface area is 221 Å². The number of carbonyl (C=O) groups is 2. The van der Waals surface area contributed by atoms with E-state index in [-0.39, 0.29) is 28.8 Å². The van der Waals surface area contributed by atoms with Crippen molar-refractivity contribution in [3.63, 3.8) is 0 Å². The van der Waals surface area contributed by atoms with Gasteiger partial charge in [0.15, 0.2) is 11.6 Å². The Morgan fingerprint density at radius 1 is 1.11 bits per heavy atom. The molecule has 2 aromatic carbocycles. The van der Waals surface area contributed by atoms with Crippen LogP contribution in [0.1, 0.15) is 56.0 Å². The Kier molecular flexibility index (Phi) is 9.88. The van der Waals surface area contributed by atoms with Crippen molar-refractivity contribution in [2.45, 2.75) is 64.2 Å². The summed E-state index contributed by atoms with van der Waals surface area (Å²) in [7, 11) is 0. The third-order valence-corrected chi connectivity index (χ3v) is 6.44. The van der Waals surface area contributed by atoms with E-state index in [0.717, 1.165) is 17.8 Å². The second-order valence-corrected chi connectivity index (χ2v) is 10.2. The summed E-state index contributed by atoms with van der Waals surface area (Å²) in [6.45, 7) is 5.55. The van der Waals surface area contributed by atoms with E-state index in [2.05, 4.69) is 15.6 Å². The fourth-order valence-corrected chi connectivity index (χ4v) is 4.33. The third kappa shape index (κ3) is 8.03. The number of nitrogens with one attached hydrogen (secondary N) is 2. The highest BCUT2D eigenvalue weighted by Gasteiger charge is 2.30. The molecule has 0 radical (unpaired) electrons. The highest BCUT2D eigenvalue weighted by atomic mass is 19.2. The summed E-state index contributed by atoms with van der Waals surface area (Å²) < 4.78 is 27.6. The van der Waals surface area contributed by atoms with Crippen LogP contribution in [0.4, 0.5) is 8.78 Å². The third-order valence-electron chi connectivity index (χ3n) is 6.44. The topological polar surface area (TPSA) is 112 Å². The first kappa shape index (κ1) is 29.1. The van der Waals surface area contributed by atoms with Crippen LogP contribution in [-0.4, -0.2) is 51.3 Å². The number of halogens is 2. The van der Waals surface area contributed by atoms with Crippen molar-refractivity contribution in [2.24, 2.45) is 5.92 Å². The molecule has 0 spiro atoms. The van der Waals surface area contributed by atoms with Gasteiger partial charge >= 0.3 is 0 Å². The lowest BCUT2D eigenvalue weighted by Crippen LogP contribution is -2.47. The molecule has 0 unspecified atom stereocenters. The quantitative estimate of drug-likeness (QED) is 0.285. The highest BCUT2D eigenvalue weighted by Crippen LogP contribution is 2.23. The van der Waals surface area contributed by atoms with Gasteiger partial charge in [-0.1, -0.05) is 30.3 Å². The lowest BCUT2D eigenvalue weighted by Gasteiger charge is -2.28. The summed E-state index contributed by atoms with van der Waals surface area (Å²) in [5, 5.41) is 27.3. The number of carbonyl (C=O) groups excluding carboxylic acids is 2. The van der Waals surface area contributed by atoms with Crippen LogP contribution >= 0.6 is 0 Å². The molecule has 38 heavy (non-hydrogen) atoms. The number of amides is 2. The fourth-order valence-electron chi connectivity index (χ4n) is 4.33. The molecule has 9 heteroatoms. The molecule has 204 valence electrons. The number of benzene rings is 2. The lowest BCUT2D eigenvalue weighted by atomic mass is 9.87. The van der Waals surface area contributed by atoms with Crippen molar-refractivity contribution < 1.29 is 28.6 Å². The van der Waals surface area contributed by atoms with Gasteiger partial charge in [0.1, 0.15) is 5.52 Å². The second-order valence-electron chi connectivity index (χ2n) is 10.2. The number of nitrogens with zero attached hydrogens (tertiary/aromatic N) is 1. The zero-order valence-corrected chi connectivity index (χ0v) is 21.9. The smallest absolute Gasteiger partial charge is 0.253 e. The molecule has 0 saturated carbocycles. The lowest BCUT2D eigenvalue weighted by molar-refractivity contribution is -0.126. The molecule has 7 nitrogen and oxygen atoms in total. The molecule has 4 N–H and O–H groups in total. The van der Waals surface area contributed by atoms with Crippen molar-refractivity contribution in [2.75, 3.05) is 6.54 Å². The SMILES string of the molecule is CCNC(=O)[C@H](CCC(C)(C)O)C[C@H](O)[C@H](Cc1ccccc1)NC(=O)c1cnc2c(F)c(F)ccc2c1. The average molecular weight is 528 g/mol. The molecule has 0 fully saturated rings. The van der Waals surface area contributed by atoms with Gasteiger partial charge in [0, 0.05) is 24.0 Å². The molecule has 0 saturated heterocycles. The summed E-state index contributed by atoms with van der Waals surface area (Å²) in [6, 6.07) is 12.3. The summed E-state index contributed by atoms with van der Waals surface area (Å²) >= 11 is 0. The maximum absolute atomic E-state index is 14.0. The molecular weight excluding hydrogens is 492 g/mol. The number of rotatable bonds is 12. The fraction of sp³-hybridized carbons (Fsp3) is 0.414. The number of hydrogen-bond acceptors (Lipinski definition) is 5. The number of aliphatic hydroxyl groups is 2. The van der Waals surface area contributed by atoms with Crippen LogP contribution in [0.2, 0.25) is 0 Å². The maximum Gasteiger partial charge on any atom is 0.253 e. The van der Waals surface area contributed by atoms with Crippen LogP contribution in [0.5, 0.6) is 0 Å². The number of aliphatic hydroxyl groups excluding tert-OH is 1. The van der Waals surface area contributed by atoms with Crippen molar-refractivity contribution >= 4 is 22.7 Å². The van der Waals surface area contributed by atoms with Gasteiger partial charge in [0.2, 0.25) is 5.91 Å². The average Bonchev–Trinajstić information content (AvgIpc) is 2.88. The monoisotopic (exact) mass is 527 g/mol. The van der Waals surface area contributed by atoms with Gasteiger partial charge in [0.05, 0.1) is 23.3 Å². The standard InChI is InChI=1S/C29H35F2N3O4/c1-4-32-27(36)20(12-13-29(2,3)38)16-24(35)23(14-18-8-6-5-7-9-18)34-28(37)21-15-19-10-11-22(30)25(31)26(19)33-17-21/h5-11,15,17,20,23-24,35,38H,4,12-14,16H2,1-3H3,(H,32,36)(H,34,37)/t20-,23+,24+/m1/s1. The molecule has 1 heterocycles. The molecule has 0 bridgehead atoms. The highest BCUT2D eigenvalue weighted by molar-refractivity contribution is 5.97. The molecular formula is C29H35F2N3O4. The Hall–Kier alpha value is -3.43. The minimum absolute atomic E-state index is 0.0696. The van der Waals surface area contributed by atoms with Gasteiger partial charge in [-0.25, -0.2) is 8.78 Å². The van der Waals surface area contributed by atoms with Crippen LogP contribution < -0.4 is 10.6 Å². The number of pyridine rings is 1. The van der Waals surface area contributed by atoms with Gasteiger partial charge in [-0.15, -0.1) is 0 Å². The van der Waals surface area contributed by atoms with E-state index >= 15 is 0 Å². The Morgan fingerprint density at radius 2 is 1.82 bits per heavy atom. The van der Waals surface area contributed by atoms with E-state index in [1.807, 2.05) is 30.3 Å².